The lowest BCUT2D eigenvalue weighted by Gasteiger charge is -2.25. The van der Waals surface area contributed by atoms with Gasteiger partial charge in [-0.2, -0.15) is 13.2 Å². The molecule has 1 saturated carbocycles. The molecule has 0 radical (unpaired) electrons. The number of likely N-dealkylation sites (tertiary alicyclic amines) is 1. The highest BCUT2D eigenvalue weighted by atomic mass is 19.4. The van der Waals surface area contributed by atoms with Gasteiger partial charge >= 0.3 is 6.18 Å². The van der Waals surface area contributed by atoms with E-state index in [2.05, 4.69) is 28.8 Å². The van der Waals surface area contributed by atoms with Crippen LogP contribution in [0.15, 0.2) is 18.6 Å². The van der Waals surface area contributed by atoms with Crippen LogP contribution >= 0.6 is 0 Å². The monoisotopic (exact) mass is 380 g/mol. The molecular formula is C20H27F3N4. The lowest BCUT2D eigenvalue weighted by atomic mass is 9.82. The van der Waals surface area contributed by atoms with E-state index in [1.807, 2.05) is 12.3 Å². The van der Waals surface area contributed by atoms with E-state index in [4.69, 9.17) is 0 Å². The van der Waals surface area contributed by atoms with Gasteiger partial charge in [-0.15, -0.1) is 0 Å². The van der Waals surface area contributed by atoms with Gasteiger partial charge in [-0.05, 0) is 54.9 Å². The lowest BCUT2D eigenvalue weighted by molar-refractivity contribution is -0.144. The molecule has 2 aromatic heterocycles. The first kappa shape index (κ1) is 18.7. The molecule has 3 heterocycles. The largest absolute Gasteiger partial charge is 0.401 e. The zero-order chi connectivity index (χ0) is 19.2. The number of alkyl halides is 3. The van der Waals surface area contributed by atoms with Crippen molar-refractivity contribution in [2.24, 2.45) is 17.3 Å². The van der Waals surface area contributed by atoms with Crippen molar-refractivity contribution in [3.8, 4) is 0 Å². The smallest absolute Gasteiger partial charge is 0.346 e. The van der Waals surface area contributed by atoms with Crippen molar-refractivity contribution in [2.75, 3.05) is 19.6 Å². The molecule has 4 rings (SSSR count). The van der Waals surface area contributed by atoms with E-state index in [9.17, 15) is 13.2 Å². The third kappa shape index (κ3) is 3.84. The zero-order valence-electron chi connectivity index (χ0n) is 15.9. The second-order valence-corrected chi connectivity index (χ2v) is 8.92. The number of hydrogen-bond donors (Lipinski definition) is 1. The summed E-state index contributed by atoms with van der Waals surface area (Å²) in [6.07, 6.45) is 3.68. The Labute approximate surface area is 157 Å². The summed E-state index contributed by atoms with van der Waals surface area (Å²) in [5, 5.41) is 1.09. The molecular weight excluding hydrogens is 353 g/mol. The molecule has 0 spiro atoms. The summed E-state index contributed by atoms with van der Waals surface area (Å²) in [6.45, 7) is 4.81. The van der Waals surface area contributed by atoms with Gasteiger partial charge in [0.05, 0.1) is 12.2 Å². The molecule has 4 nitrogen and oxygen atoms in total. The number of rotatable bonds is 5. The number of halogens is 3. The van der Waals surface area contributed by atoms with Crippen LogP contribution < -0.4 is 0 Å². The van der Waals surface area contributed by atoms with Gasteiger partial charge in [0.1, 0.15) is 12.0 Å². The fraction of sp³-hybridized carbons (Fsp3) is 0.700. The van der Waals surface area contributed by atoms with Crippen LogP contribution in [-0.2, 0) is 0 Å². The van der Waals surface area contributed by atoms with Gasteiger partial charge in [-0.1, -0.05) is 13.8 Å². The van der Waals surface area contributed by atoms with E-state index in [0.717, 1.165) is 42.4 Å². The molecule has 4 atom stereocenters. The minimum atomic E-state index is -4.09. The second kappa shape index (κ2) is 6.76. The Hall–Kier alpha value is -1.63. The van der Waals surface area contributed by atoms with Crippen LogP contribution in [0.2, 0.25) is 0 Å². The maximum absolute atomic E-state index is 12.7. The van der Waals surface area contributed by atoms with E-state index < -0.39 is 12.7 Å². The molecule has 148 valence electrons. The summed E-state index contributed by atoms with van der Waals surface area (Å²) in [5.74, 6) is 1.36. The Morgan fingerprint density at radius 2 is 2.19 bits per heavy atom. The van der Waals surface area contributed by atoms with Crippen molar-refractivity contribution < 1.29 is 13.2 Å². The maximum Gasteiger partial charge on any atom is 0.401 e. The summed E-state index contributed by atoms with van der Waals surface area (Å²) >= 11 is 0. The average molecular weight is 380 g/mol. The lowest BCUT2D eigenvalue weighted by Crippen LogP contribution is -2.34. The third-order valence-corrected chi connectivity index (χ3v) is 6.68. The zero-order valence-corrected chi connectivity index (χ0v) is 15.9. The van der Waals surface area contributed by atoms with Gasteiger partial charge in [-0.3, -0.25) is 4.90 Å². The highest BCUT2D eigenvalue weighted by Gasteiger charge is 2.50. The van der Waals surface area contributed by atoms with Gasteiger partial charge in [0, 0.05) is 24.7 Å². The summed E-state index contributed by atoms with van der Waals surface area (Å²) in [5.41, 5.74) is 2.00. The Morgan fingerprint density at radius 3 is 2.93 bits per heavy atom. The quantitative estimate of drug-likeness (QED) is 0.814. The molecule has 0 bridgehead atoms. The fourth-order valence-electron chi connectivity index (χ4n) is 5.47. The Bertz CT molecular complexity index is 802. The highest BCUT2D eigenvalue weighted by molar-refractivity contribution is 5.78. The van der Waals surface area contributed by atoms with Crippen molar-refractivity contribution in [2.45, 2.75) is 51.6 Å². The summed E-state index contributed by atoms with van der Waals surface area (Å²) in [7, 11) is 0. The van der Waals surface area contributed by atoms with Gasteiger partial charge in [0.15, 0.2) is 0 Å². The number of fused-ring (bicyclic) bond motifs is 2. The van der Waals surface area contributed by atoms with E-state index >= 15 is 0 Å². The molecule has 0 amide bonds. The predicted octanol–water partition coefficient (Wildman–Crippen LogP) is 4.75. The molecule has 2 aliphatic rings. The van der Waals surface area contributed by atoms with E-state index in [1.54, 1.807) is 11.2 Å². The first-order valence-corrected chi connectivity index (χ1v) is 9.80. The molecule has 1 aliphatic carbocycles. The number of nitrogens with one attached hydrogen (secondary N) is 1. The third-order valence-electron chi connectivity index (χ3n) is 6.68. The van der Waals surface area contributed by atoms with Crippen molar-refractivity contribution in [3.63, 3.8) is 0 Å². The molecule has 27 heavy (non-hydrogen) atoms. The van der Waals surface area contributed by atoms with Crippen molar-refractivity contribution in [3.05, 3.63) is 24.3 Å². The summed E-state index contributed by atoms with van der Waals surface area (Å²) in [4.78, 5) is 13.5. The van der Waals surface area contributed by atoms with Crippen LogP contribution in [0, 0.1) is 17.3 Å². The Kier molecular flexibility index (Phi) is 4.69. The Balaban J connectivity index is 1.33. The molecule has 2 aromatic rings. The van der Waals surface area contributed by atoms with Crippen molar-refractivity contribution in [1.29, 1.82) is 0 Å². The number of H-pyrrole nitrogens is 1. The number of aromatic amines is 1. The predicted molar refractivity (Wildman–Crippen MR) is 98.4 cm³/mol. The van der Waals surface area contributed by atoms with Gasteiger partial charge in [0.2, 0.25) is 0 Å². The van der Waals surface area contributed by atoms with Crippen LogP contribution in [0.4, 0.5) is 13.2 Å². The molecule has 0 aromatic carbocycles. The van der Waals surface area contributed by atoms with Crippen LogP contribution in [-0.4, -0.2) is 45.7 Å². The first-order chi connectivity index (χ1) is 12.7. The molecule has 1 saturated heterocycles. The SMILES string of the molecule is CC(CCC1CC2CN(CC(F)(F)F)CC2(C)C1)c1ncnc2[nH]ccc12. The standard InChI is InChI=1S/C20H27F3N4/c1-13(17-16-5-6-24-18(16)26-12-25-17)3-4-14-7-15-9-27(11-20(21,22)23)10-19(15,2)8-14/h5-6,12-15H,3-4,7-11H2,1-2H3,(H,24,25,26). The number of hydrogen-bond acceptors (Lipinski definition) is 3. The van der Waals surface area contributed by atoms with Gasteiger partial charge in [-0.25, -0.2) is 9.97 Å². The first-order valence-electron chi connectivity index (χ1n) is 9.80. The topological polar surface area (TPSA) is 44.8 Å². The van der Waals surface area contributed by atoms with Crippen molar-refractivity contribution >= 4 is 11.0 Å². The van der Waals surface area contributed by atoms with Crippen LogP contribution in [0.25, 0.3) is 11.0 Å². The van der Waals surface area contributed by atoms with Crippen LogP contribution in [0.5, 0.6) is 0 Å². The van der Waals surface area contributed by atoms with Crippen LogP contribution in [0.3, 0.4) is 0 Å². The second-order valence-electron chi connectivity index (χ2n) is 8.92. The molecule has 2 fully saturated rings. The summed E-state index contributed by atoms with van der Waals surface area (Å²) < 4.78 is 38.1. The van der Waals surface area contributed by atoms with Crippen molar-refractivity contribution in [1.82, 2.24) is 19.9 Å². The molecule has 7 heteroatoms. The minimum Gasteiger partial charge on any atom is -0.346 e. The molecule has 4 unspecified atom stereocenters. The molecule has 1 aliphatic heterocycles. The average Bonchev–Trinajstić information content (AvgIpc) is 3.22. The fourth-order valence-corrected chi connectivity index (χ4v) is 5.47. The van der Waals surface area contributed by atoms with E-state index in [1.165, 1.54) is 0 Å². The van der Waals surface area contributed by atoms with E-state index in [0.29, 0.717) is 30.8 Å². The number of aromatic nitrogens is 3. The Morgan fingerprint density at radius 1 is 1.37 bits per heavy atom. The normalized spacial score (nSPS) is 30.1. The minimum absolute atomic E-state index is 0.0436. The van der Waals surface area contributed by atoms with Gasteiger partial charge in [0.25, 0.3) is 0 Å². The number of nitrogens with zero attached hydrogens (tertiary/aromatic N) is 3. The van der Waals surface area contributed by atoms with Crippen LogP contribution in [0.1, 0.15) is 51.1 Å². The maximum atomic E-state index is 12.7. The van der Waals surface area contributed by atoms with E-state index in [-0.39, 0.29) is 5.41 Å². The van der Waals surface area contributed by atoms with Gasteiger partial charge < -0.3 is 4.98 Å². The highest BCUT2D eigenvalue weighted by Crippen LogP contribution is 2.52. The summed E-state index contributed by atoms with van der Waals surface area (Å²) in [6, 6.07) is 2.03. The molecule has 1 N–H and O–H groups in total.